The van der Waals surface area contributed by atoms with E-state index in [4.69, 9.17) is 5.11 Å². The Labute approximate surface area is 151 Å². The van der Waals surface area contributed by atoms with E-state index in [2.05, 4.69) is 22.3 Å². The third kappa shape index (κ3) is 5.36. The number of unbranched alkanes of at least 4 members (excludes halogenated alkanes) is 1. The van der Waals surface area contributed by atoms with Gasteiger partial charge in [0.1, 0.15) is 0 Å². The first kappa shape index (κ1) is 18.1. The molecule has 25 heavy (non-hydrogen) atoms. The largest absolute Gasteiger partial charge is 0.396 e. The maximum Gasteiger partial charge on any atom is 0.322 e. The molecule has 1 saturated heterocycles. The highest BCUT2D eigenvalue weighted by atomic mass is 16.3. The maximum atomic E-state index is 12.7. The van der Waals surface area contributed by atoms with Crippen molar-refractivity contribution in [3.05, 3.63) is 24.3 Å². The van der Waals surface area contributed by atoms with Crippen LogP contribution in [-0.2, 0) is 0 Å². The third-order valence-corrected chi connectivity index (χ3v) is 5.12. The molecule has 1 saturated carbocycles. The van der Waals surface area contributed by atoms with E-state index >= 15 is 0 Å². The molecule has 2 N–H and O–H groups in total. The monoisotopic (exact) mass is 345 g/mol. The van der Waals surface area contributed by atoms with E-state index in [9.17, 15) is 4.79 Å². The molecular formula is C20H31N3O2. The summed E-state index contributed by atoms with van der Waals surface area (Å²) < 4.78 is 0. The normalized spacial score (nSPS) is 17.9. The summed E-state index contributed by atoms with van der Waals surface area (Å²) in [6.07, 6.45) is 8.93. The minimum atomic E-state index is -0.00606. The molecule has 0 unspecified atom stereocenters. The quantitative estimate of drug-likeness (QED) is 0.738. The summed E-state index contributed by atoms with van der Waals surface area (Å²) >= 11 is 0. The number of nitrogens with zero attached hydrogens (tertiary/aromatic N) is 2. The number of hydrogen-bond donors (Lipinski definition) is 2. The number of benzene rings is 1. The number of nitrogens with one attached hydrogen (secondary N) is 1. The lowest BCUT2D eigenvalue weighted by Gasteiger charge is -2.25. The first-order valence-electron chi connectivity index (χ1n) is 9.81. The summed E-state index contributed by atoms with van der Waals surface area (Å²) in [7, 11) is 0. The average molecular weight is 345 g/mol. The van der Waals surface area contributed by atoms with Crippen LogP contribution in [0.5, 0.6) is 0 Å². The molecule has 5 heteroatoms. The van der Waals surface area contributed by atoms with Crippen molar-refractivity contribution in [1.29, 1.82) is 0 Å². The summed E-state index contributed by atoms with van der Waals surface area (Å²) in [6.45, 7) is 3.13. The van der Waals surface area contributed by atoms with E-state index in [1.165, 1.54) is 31.4 Å². The number of aliphatic hydroxyl groups is 1. The number of amides is 2. The first-order chi connectivity index (χ1) is 12.3. The van der Waals surface area contributed by atoms with E-state index in [0.29, 0.717) is 6.04 Å². The molecule has 0 bridgehead atoms. The van der Waals surface area contributed by atoms with Gasteiger partial charge in [-0.25, -0.2) is 4.79 Å². The Bertz CT molecular complexity index is 552. The van der Waals surface area contributed by atoms with Crippen molar-refractivity contribution in [2.24, 2.45) is 0 Å². The van der Waals surface area contributed by atoms with Crippen molar-refractivity contribution >= 4 is 17.4 Å². The fourth-order valence-electron chi connectivity index (χ4n) is 3.53. The molecule has 0 spiro atoms. The van der Waals surface area contributed by atoms with Crippen molar-refractivity contribution in [2.75, 3.05) is 36.5 Å². The first-order valence-corrected chi connectivity index (χ1v) is 9.81. The second kappa shape index (κ2) is 9.09. The Morgan fingerprint density at radius 1 is 1.16 bits per heavy atom. The number of aliphatic hydroxyl groups excluding tert-OH is 1. The molecular weight excluding hydrogens is 314 g/mol. The highest BCUT2D eigenvalue weighted by molar-refractivity contribution is 5.90. The van der Waals surface area contributed by atoms with Crippen LogP contribution in [0.1, 0.15) is 51.4 Å². The highest BCUT2D eigenvalue weighted by Crippen LogP contribution is 2.28. The lowest BCUT2D eigenvalue weighted by molar-refractivity contribution is 0.204. The van der Waals surface area contributed by atoms with E-state index in [1.807, 2.05) is 17.0 Å². The summed E-state index contributed by atoms with van der Waals surface area (Å²) in [6, 6.07) is 8.62. The van der Waals surface area contributed by atoms with Crippen molar-refractivity contribution in [1.82, 2.24) is 4.90 Å². The summed E-state index contributed by atoms with van der Waals surface area (Å²) in [5.74, 6) is 0. The van der Waals surface area contributed by atoms with Crippen LogP contribution in [0, 0.1) is 0 Å². The van der Waals surface area contributed by atoms with Gasteiger partial charge in [0.15, 0.2) is 0 Å². The Hall–Kier alpha value is -1.75. The fraction of sp³-hybridized carbons (Fsp3) is 0.650. The number of anilines is 2. The van der Waals surface area contributed by atoms with E-state index < -0.39 is 0 Å². The molecule has 1 aromatic carbocycles. The molecule has 0 atom stereocenters. The van der Waals surface area contributed by atoms with Crippen molar-refractivity contribution in [3.8, 4) is 0 Å². The molecule has 0 aromatic heterocycles. The van der Waals surface area contributed by atoms with Gasteiger partial charge in [-0.2, -0.15) is 0 Å². The van der Waals surface area contributed by atoms with E-state index in [1.54, 1.807) is 0 Å². The fourth-order valence-corrected chi connectivity index (χ4v) is 3.53. The molecule has 138 valence electrons. The predicted octanol–water partition coefficient (Wildman–Crippen LogP) is 3.84. The molecule has 1 aliphatic heterocycles. The SMILES string of the molecule is O=C(Nc1cccc(N2CCCCCC2)c1)N(CCCCO)C1CC1. The predicted molar refractivity (Wildman–Crippen MR) is 102 cm³/mol. The van der Waals surface area contributed by atoms with Gasteiger partial charge in [0.25, 0.3) is 0 Å². The van der Waals surface area contributed by atoms with Crippen LogP contribution in [-0.4, -0.2) is 48.3 Å². The van der Waals surface area contributed by atoms with Crippen LogP contribution in [0.2, 0.25) is 0 Å². The van der Waals surface area contributed by atoms with Crippen LogP contribution in [0.25, 0.3) is 0 Å². The van der Waals surface area contributed by atoms with Gasteiger partial charge in [0.2, 0.25) is 0 Å². The summed E-state index contributed by atoms with van der Waals surface area (Å²) in [5.41, 5.74) is 2.08. The standard InChI is InChI=1S/C20H31N3O2/c24-15-6-5-14-23(18-10-11-18)20(25)21-17-8-7-9-19(16-17)22-12-3-1-2-4-13-22/h7-9,16,18,24H,1-6,10-15H2,(H,21,25). The van der Waals surface area contributed by atoms with Gasteiger partial charge in [-0.05, 0) is 56.7 Å². The van der Waals surface area contributed by atoms with Crippen LogP contribution < -0.4 is 10.2 Å². The summed E-state index contributed by atoms with van der Waals surface area (Å²) in [4.78, 5) is 17.0. The van der Waals surface area contributed by atoms with Gasteiger partial charge in [-0.3, -0.25) is 0 Å². The minimum Gasteiger partial charge on any atom is -0.396 e. The smallest absolute Gasteiger partial charge is 0.322 e. The Kier molecular flexibility index (Phi) is 6.56. The van der Waals surface area contributed by atoms with Gasteiger partial charge < -0.3 is 20.2 Å². The molecule has 0 radical (unpaired) electrons. The number of carbonyl (C=O) groups excluding carboxylic acids is 1. The summed E-state index contributed by atoms with van der Waals surface area (Å²) in [5, 5.41) is 12.0. The zero-order valence-electron chi connectivity index (χ0n) is 15.1. The Morgan fingerprint density at radius 3 is 2.60 bits per heavy atom. The number of hydrogen-bond acceptors (Lipinski definition) is 3. The van der Waals surface area contributed by atoms with Crippen LogP contribution in [0.15, 0.2) is 24.3 Å². The molecule has 2 amide bonds. The van der Waals surface area contributed by atoms with E-state index in [-0.39, 0.29) is 12.6 Å². The topological polar surface area (TPSA) is 55.8 Å². The number of urea groups is 1. The molecule has 2 fully saturated rings. The molecule has 1 heterocycles. The van der Waals surface area contributed by atoms with Crippen molar-refractivity contribution in [3.63, 3.8) is 0 Å². The van der Waals surface area contributed by atoms with Gasteiger partial charge in [0.05, 0.1) is 0 Å². The van der Waals surface area contributed by atoms with Gasteiger partial charge in [-0.15, -0.1) is 0 Å². The van der Waals surface area contributed by atoms with E-state index in [0.717, 1.165) is 51.0 Å². The Morgan fingerprint density at radius 2 is 1.92 bits per heavy atom. The molecule has 3 rings (SSSR count). The van der Waals surface area contributed by atoms with Crippen molar-refractivity contribution in [2.45, 2.75) is 57.4 Å². The zero-order chi connectivity index (χ0) is 17.5. The minimum absolute atomic E-state index is 0.00606. The van der Waals surface area contributed by atoms with Crippen LogP contribution >= 0.6 is 0 Å². The lowest BCUT2D eigenvalue weighted by Crippen LogP contribution is -2.37. The van der Waals surface area contributed by atoms with Crippen molar-refractivity contribution < 1.29 is 9.90 Å². The third-order valence-electron chi connectivity index (χ3n) is 5.12. The van der Waals surface area contributed by atoms with Crippen LogP contribution in [0.4, 0.5) is 16.2 Å². The lowest BCUT2D eigenvalue weighted by atomic mass is 10.2. The molecule has 1 aromatic rings. The van der Waals surface area contributed by atoms with Crippen LogP contribution in [0.3, 0.4) is 0 Å². The number of carbonyl (C=O) groups is 1. The number of rotatable bonds is 7. The second-order valence-corrected chi connectivity index (χ2v) is 7.24. The van der Waals surface area contributed by atoms with Gasteiger partial charge in [-0.1, -0.05) is 18.9 Å². The zero-order valence-corrected chi connectivity index (χ0v) is 15.1. The highest BCUT2D eigenvalue weighted by Gasteiger charge is 2.32. The Balaban J connectivity index is 1.61. The molecule has 5 nitrogen and oxygen atoms in total. The second-order valence-electron chi connectivity index (χ2n) is 7.24. The average Bonchev–Trinajstić information content (AvgIpc) is 3.45. The van der Waals surface area contributed by atoms with Gasteiger partial charge >= 0.3 is 6.03 Å². The van der Waals surface area contributed by atoms with Gasteiger partial charge in [0, 0.05) is 43.7 Å². The maximum absolute atomic E-state index is 12.7. The molecule has 2 aliphatic rings. The molecule has 1 aliphatic carbocycles.